The molecule has 0 fully saturated rings. The maximum Gasteiger partial charge on any atom is 0.187 e. The van der Waals surface area contributed by atoms with E-state index in [2.05, 4.69) is 104 Å². The fourth-order valence-corrected chi connectivity index (χ4v) is 5.91. The molecular formula is C28H36O2Si. The lowest BCUT2D eigenvalue weighted by molar-refractivity contribution is 0.0351. The zero-order chi connectivity index (χ0) is 22.0. The molecule has 0 N–H and O–H groups in total. The smallest absolute Gasteiger partial charge is 0.187 e. The number of aryl methyl sites for hydroxylation is 1. The lowest BCUT2D eigenvalue weighted by Gasteiger charge is -2.37. The van der Waals surface area contributed by atoms with E-state index in [-0.39, 0.29) is 5.41 Å². The zero-order valence-corrected chi connectivity index (χ0v) is 20.2. The third kappa shape index (κ3) is 7.77. The molecule has 0 aliphatic carbocycles. The second-order valence-electron chi connectivity index (χ2n) is 9.29. The zero-order valence-electron chi connectivity index (χ0n) is 19.2. The van der Waals surface area contributed by atoms with Crippen LogP contribution in [0.3, 0.4) is 0 Å². The molecule has 0 bridgehead atoms. The Morgan fingerprint density at radius 3 is 1.55 bits per heavy atom. The van der Waals surface area contributed by atoms with Crippen LogP contribution in [0.2, 0.25) is 19.1 Å². The van der Waals surface area contributed by atoms with Gasteiger partial charge >= 0.3 is 0 Å². The molecular weight excluding hydrogens is 396 g/mol. The van der Waals surface area contributed by atoms with Crippen molar-refractivity contribution >= 4 is 8.32 Å². The van der Waals surface area contributed by atoms with Crippen LogP contribution in [0.1, 0.15) is 16.7 Å². The molecule has 31 heavy (non-hydrogen) atoms. The van der Waals surface area contributed by atoms with Crippen molar-refractivity contribution in [1.29, 1.82) is 0 Å². The third-order valence-electron chi connectivity index (χ3n) is 5.92. The maximum absolute atomic E-state index is 6.77. The van der Waals surface area contributed by atoms with Gasteiger partial charge in [-0.25, -0.2) is 0 Å². The molecule has 0 radical (unpaired) electrons. The van der Waals surface area contributed by atoms with E-state index >= 15 is 0 Å². The van der Waals surface area contributed by atoms with E-state index in [0.717, 1.165) is 31.9 Å². The summed E-state index contributed by atoms with van der Waals surface area (Å²) in [6.07, 6.45) is 2.97. The Morgan fingerprint density at radius 1 is 0.645 bits per heavy atom. The summed E-state index contributed by atoms with van der Waals surface area (Å²) in [4.78, 5) is 0. The van der Waals surface area contributed by atoms with Crippen molar-refractivity contribution in [3.05, 3.63) is 108 Å². The molecule has 0 atom stereocenters. The largest absolute Gasteiger partial charge is 0.417 e. The summed E-state index contributed by atoms with van der Waals surface area (Å²) in [6, 6.07) is 33.4. The van der Waals surface area contributed by atoms with Crippen LogP contribution < -0.4 is 0 Å². The molecule has 0 heterocycles. The summed E-state index contributed by atoms with van der Waals surface area (Å²) in [5, 5.41) is 0. The van der Waals surface area contributed by atoms with Gasteiger partial charge in [-0.05, 0) is 55.1 Å². The Kier molecular flexibility index (Phi) is 8.65. The van der Waals surface area contributed by atoms with Crippen molar-refractivity contribution in [3.8, 4) is 0 Å². The minimum atomic E-state index is -1.81. The molecule has 164 valence electrons. The molecule has 0 saturated heterocycles. The average Bonchev–Trinajstić information content (AvgIpc) is 2.79. The maximum atomic E-state index is 6.77. The van der Waals surface area contributed by atoms with E-state index in [0.29, 0.717) is 6.61 Å². The first kappa shape index (κ1) is 23.5. The highest BCUT2D eigenvalue weighted by molar-refractivity contribution is 6.71. The molecule has 3 aromatic carbocycles. The van der Waals surface area contributed by atoms with Crippen LogP contribution in [0.5, 0.6) is 0 Å². The summed E-state index contributed by atoms with van der Waals surface area (Å²) in [6.45, 7) is 6.09. The van der Waals surface area contributed by atoms with E-state index in [4.69, 9.17) is 9.16 Å². The highest BCUT2D eigenvalue weighted by Gasteiger charge is 2.34. The van der Waals surface area contributed by atoms with Crippen LogP contribution in [-0.4, -0.2) is 28.6 Å². The average molecular weight is 433 g/mol. The predicted octanol–water partition coefficient (Wildman–Crippen LogP) is 6.57. The summed E-state index contributed by atoms with van der Waals surface area (Å²) in [5.74, 6) is 0. The third-order valence-corrected chi connectivity index (χ3v) is 8.30. The fraction of sp³-hybridized carbons (Fsp3) is 0.357. The Bertz CT molecular complexity index is 837. The van der Waals surface area contributed by atoms with Gasteiger partial charge < -0.3 is 9.16 Å². The molecule has 0 unspecified atom stereocenters. The van der Waals surface area contributed by atoms with E-state index in [1.807, 2.05) is 7.11 Å². The van der Waals surface area contributed by atoms with Crippen LogP contribution in [0.4, 0.5) is 0 Å². The van der Waals surface area contributed by atoms with Crippen molar-refractivity contribution in [2.24, 2.45) is 5.41 Å². The van der Waals surface area contributed by atoms with Crippen LogP contribution in [-0.2, 0) is 28.4 Å². The van der Waals surface area contributed by atoms with Gasteiger partial charge in [0, 0.05) is 19.1 Å². The minimum Gasteiger partial charge on any atom is -0.417 e. The molecule has 3 aromatic rings. The van der Waals surface area contributed by atoms with Crippen molar-refractivity contribution in [2.75, 3.05) is 20.3 Å². The summed E-state index contributed by atoms with van der Waals surface area (Å²) < 4.78 is 12.6. The quantitative estimate of drug-likeness (QED) is 0.301. The van der Waals surface area contributed by atoms with Gasteiger partial charge in [-0.3, -0.25) is 0 Å². The van der Waals surface area contributed by atoms with Crippen LogP contribution in [0, 0.1) is 5.41 Å². The summed E-state index contributed by atoms with van der Waals surface area (Å²) >= 11 is 0. The van der Waals surface area contributed by atoms with E-state index in [9.17, 15) is 0 Å². The SMILES string of the molecule is COCC(CO[Si](C)(C)CCc1ccccc1)(Cc1ccccc1)Cc1ccccc1. The second kappa shape index (κ2) is 11.4. The predicted molar refractivity (Wildman–Crippen MR) is 133 cm³/mol. The highest BCUT2D eigenvalue weighted by atomic mass is 28.4. The number of hydrogen-bond donors (Lipinski definition) is 0. The van der Waals surface area contributed by atoms with Gasteiger partial charge in [-0.1, -0.05) is 91.0 Å². The van der Waals surface area contributed by atoms with Crippen molar-refractivity contribution in [1.82, 2.24) is 0 Å². The van der Waals surface area contributed by atoms with Gasteiger partial charge in [-0.15, -0.1) is 0 Å². The van der Waals surface area contributed by atoms with Crippen molar-refractivity contribution in [2.45, 2.75) is 38.4 Å². The second-order valence-corrected chi connectivity index (χ2v) is 13.6. The molecule has 0 saturated carbocycles. The normalized spacial score (nSPS) is 12.1. The van der Waals surface area contributed by atoms with Crippen molar-refractivity contribution < 1.29 is 9.16 Å². The number of rotatable bonds is 12. The molecule has 0 aromatic heterocycles. The molecule has 0 amide bonds. The van der Waals surface area contributed by atoms with Gasteiger partial charge in [0.05, 0.1) is 6.61 Å². The van der Waals surface area contributed by atoms with Gasteiger partial charge in [0.25, 0.3) is 0 Å². The highest BCUT2D eigenvalue weighted by Crippen LogP contribution is 2.31. The Hall–Kier alpha value is -2.20. The molecule has 2 nitrogen and oxygen atoms in total. The fourth-order valence-electron chi connectivity index (χ4n) is 4.18. The van der Waals surface area contributed by atoms with Crippen LogP contribution in [0.25, 0.3) is 0 Å². The summed E-state index contributed by atoms with van der Waals surface area (Å²) in [5.41, 5.74) is 3.98. The molecule has 0 spiro atoms. The molecule has 0 aliphatic heterocycles. The first-order valence-corrected chi connectivity index (χ1v) is 14.4. The molecule has 0 aliphatic rings. The number of hydrogen-bond acceptors (Lipinski definition) is 2. The van der Waals surface area contributed by atoms with Crippen LogP contribution >= 0.6 is 0 Å². The van der Waals surface area contributed by atoms with Crippen molar-refractivity contribution in [3.63, 3.8) is 0 Å². The Labute approximate surface area is 189 Å². The van der Waals surface area contributed by atoms with Gasteiger partial charge in [0.2, 0.25) is 0 Å². The van der Waals surface area contributed by atoms with E-state index in [1.54, 1.807) is 0 Å². The van der Waals surface area contributed by atoms with Gasteiger partial charge in [-0.2, -0.15) is 0 Å². The Morgan fingerprint density at radius 2 is 1.10 bits per heavy atom. The van der Waals surface area contributed by atoms with Gasteiger partial charge in [0.15, 0.2) is 8.32 Å². The number of benzene rings is 3. The van der Waals surface area contributed by atoms with Gasteiger partial charge in [0.1, 0.15) is 0 Å². The van der Waals surface area contributed by atoms with Crippen LogP contribution in [0.15, 0.2) is 91.0 Å². The summed E-state index contributed by atoms with van der Waals surface area (Å²) in [7, 11) is -0.00665. The monoisotopic (exact) mass is 432 g/mol. The Balaban J connectivity index is 1.75. The first-order chi connectivity index (χ1) is 15.0. The lowest BCUT2D eigenvalue weighted by atomic mass is 9.78. The number of ether oxygens (including phenoxy) is 1. The van der Waals surface area contributed by atoms with E-state index in [1.165, 1.54) is 16.7 Å². The van der Waals surface area contributed by atoms with E-state index < -0.39 is 8.32 Å². The number of methoxy groups -OCH3 is 1. The topological polar surface area (TPSA) is 18.5 Å². The minimum absolute atomic E-state index is 0.0888. The lowest BCUT2D eigenvalue weighted by Crippen LogP contribution is -2.42. The first-order valence-electron chi connectivity index (χ1n) is 11.3. The molecule has 3 rings (SSSR count). The standard InChI is InChI=1S/C28H36O2Si/c1-29-23-28(21-26-15-9-5-10-16-26,22-27-17-11-6-12-18-27)24-30-31(2,3)20-19-25-13-7-4-8-14-25/h4-18H,19-24H2,1-3H3. The molecule has 3 heteroatoms.